The molecule has 134 valence electrons. The summed E-state index contributed by atoms with van der Waals surface area (Å²) in [7, 11) is -0.553. The zero-order valence-electron chi connectivity index (χ0n) is 14.0. The van der Waals surface area contributed by atoms with Gasteiger partial charge in [-0.05, 0) is 25.7 Å². The van der Waals surface area contributed by atoms with E-state index in [1.54, 1.807) is 14.2 Å². The van der Waals surface area contributed by atoms with Crippen molar-refractivity contribution in [2.75, 3.05) is 33.3 Å². The molecule has 0 spiro atoms. The molecule has 0 aliphatic heterocycles. The number of amides is 2. The van der Waals surface area contributed by atoms with Crippen molar-refractivity contribution in [2.45, 2.75) is 38.5 Å². The number of hydrogen-bond acceptors (Lipinski definition) is 6. The van der Waals surface area contributed by atoms with E-state index in [0.29, 0.717) is 38.9 Å². The van der Waals surface area contributed by atoms with Crippen LogP contribution in [0.5, 0.6) is 0 Å². The highest BCUT2D eigenvalue weighted by molar-refractivity contribution is 7.94. The summed E-state index contributed by atoms with van der Waals surface area (Å²) in [6.45, 7) is 4.24. The van der Waals surface area contributed by atoms with Crippen molar-refractivity contribution in [3.05, 3.63) is 12.0 Å². The third-order valence-corrected chi connectivity index (χ3v) is 4.27. The number of nitrogens with zero attached hydrogens (tertiary/aromatic N) is 1. The van der Waals surface area contributed by atoms with E-state index in [4.69, 9.17) is 9.47 Å². The van der Waals surface area contributed by atoms with Gasteiger partial charge in [-0.25, -0.2) is 8.42 Å². The third kappa shape index (κ3) is 10.2. The fourth-order valence-electron chi connectivity index (χ4n) is 1.83. The molecule has 23 heavy (non-hydrogen) atoms. The van der Waals surface area contributed by atoms with Crippen LogP contribution in [0.25, 0.3) is 0 Å². The van der Waals surface area contributed by atoms with E-state index in [9.17, 15) is 18.0 Å². The lowest BCUT2D eigenvalue weighted by Gasteiger charge is -2.20. The second-order valence-corrected chi connectivity index (χ2v) is 6.99. The van der Waals surface area contributed by atoms with Gasteiger partial charge in [-0.2, -0.15) is 0 Å². The normalized spacial score (nSPS) is 11.2. The molecule has 0 aliphatic rings. The molecule has 0 N–H and O–H groups in total. The van der Waals surface area contributed by atoms with Gasteiger partial charge in [-0.1, -0.05) is 6.58 Å². The number of unbranched alkanes of at least 4 members (excludes halogenated alkanes) is 2. The highest BCUT2D eigenvalue weighted by atomic mass is 32.2. The molecule has 0 heterocycles. The van der Waals surface area contributed by atoms with E-state index < -0.39 is 27.5 Å². The van der Waals surface area contributed by atoms with Gasteiger partial charge >= 0.3 is 0 Å². The minimum absolute atomic E-state index is 0.111. The van der Waals surface area contributed by atoms with Crippen LogP contribution in [0.4, 0.5) is 0 Å². The number of rotatable bonds is 13. The van der Waals surface area contributed by atoms with Crippen LogP contribution in [0.2, 0.25) is 0 Å². The molecule has 7 nitrogen and oxygen atoms in total. The second kappa shape index (κ2) is 12.2. The molecule has 0 saturated heterocycles. The highest BCUT2D eigenvalue weighted by Gasteiger charge is 2.25. The molecule has 0 saturated carbocycles. The molecule has 2 amide bonds. The minimum Gasteiger partial charge on any atom is -0.385 e. The molecular formula is C15H27NO6S. The lowest BCUT2D eigenvalue weighted by molar-refractivity contribution is -0.143. The molecule has 8 heteroatoms. The molecule has 0 atom stereocenters. The predicted molar refractivity (Wildman–Crippen MR) is 87.3 cm³/mol. The molecular weight excluding hydrogens is 322 g/mol. The maximum Gasteiger partial charge on any atom is 0.230 e. The maximum absolute atomic E-state index is 12.2. The summed E-state index contributed by atoms with van der Waals surface area (Å²) in [6, 6.07) is 0. The first kappa shape index (κ1) is 21.8. The number of carbonyl (C=O) groups excluding carboxylic acids is 2. The van der Waals surface area contributed by atoms with Crippen LogP contribution in [0.3, 0.4) is 0 Å². The topological polar surface area (TPSA) is 90.0 Å². The van der Waals surface area contributed by atoms with Crippen molar-refractivity contribution < 1.29 is 27.5 Å². The Hall–Kier alpha value is -1.25. The second-order valence-electron chi connectivity index (χ2n) is 5.07. The van der Waals surface area contributed by atoms with Gasteiger partial charge in [0.2, 0.25) is 11.8 Å². The summed E-state index contributed by atoms with van der Waals surface area (Å²) in [5.41, 5.74) is 0. The molecule has 0 rings (SSSR count). The van der Waals surface area contributed by atoms with Crippen LogP contribution in [0, 0.1) is 0 Å². The largest absolute Gasteiger partial charge is 0.385 e. The fraction of sp³-hybridized carbons (Fsp3) is 0.733. The maximum atomic E-state index is 12.2. The van der Waals surface area contributed by atoms with Crippen molar-refractivity contribution in [1.82, 2.24) is 4.90 Å². The van der Waals surface area contributed by atoms with Crippen molar-refractivity contribution in [3.8, 4) is 0 Å². The quantitative estimate of drug-likeness (QED) is 0.468. The standard InChI is InChI=1S/C15H27NO6S/c1-4-23(19,20)13-16(14(17)9-5-7-11-21-2)15(18)10-6-8-12-22-3/h4H,1,5-13H2,2-3H3. The van der Waals surface area contributed by atoms with Gasteiger partial charge in [0.15, 0.2) is 9.84 Å². The van der Waals surface area contributed by atoms with Gasteiger partial charge in [0.05, 0.1) is 0 Å². The summed E-state index contributed by atoms with van der Waals surface area (Å²) in [4.78, 5) is 25.2. The number of carbonyl (C=O) groups is 2. The smallest absolute Gasteiger partial charge is 0.230 e. The summed E-state index contributed by atoms with van der Waals surface area (Å²) in [5.74, 6) is -1.62. The van der Waals surface area contributed by atoms with E-state index in [1.165, 1.54) is 0 Å². The van der Waals surface area contributed by atoms with Crippen LogP contribution in [-0.2, 0) is 28.9 Å². The Labute approximate surface area is 138 Å². The number of sulfone groups is 1. The van der Waals surface area contributed by atoms with Crippen LogP contribution in [0.15, 0.2) is 12.0 Å². The van der Waals surface area contributed by atoms with Crippen molar-refractivity contribution in [3.63, 3.8) is 0 Å². The molecule has 0 aliphatic carbocycles. The lowest BCUT2D eigenvalue weighted by Crippen LogP contribution is -2.40. The van der Waals surface area contributed by atoms with Crippen LogP contribution in [-0.4, -0.2) is 58.4 Å². The molecule has 0 aromatic rings. The van der Waals surface area contributed by atoms with E-state index in [0.717, 1.165) is 10.3 Å². The van der Waals surface area contributed by atoms with E-state index >= 15 is 0 Å². The molecule has 0 aromatic heterocycles. The average Bonchev–Trinajstić information content (AvgIpc) is 2.53. The first-order valence-corrected chi connectivity index (χ1v) is 9.25. The number of methoxy groups -OCH3 is 2. The summed E-state index contributed by atoms with van der Waals surface area (Å²) < 4.78 is 33.1. The first-order valence-electron chi connectivity index (χ1n) is 7.54. The van der Waals surface area contributed by atoms with Gasteiger partial charge in [0.1, 0.15) is 5.88 Å². The Morgan fingerprint density at radius 1 is 0.957 bits per heavy atom. The Morgan fingerprint density at radius 3 is 1.74 bits per heavy atom. The molecule has 0 radical (unpaired) electrons. The summed E-state index contributed by atoms with van der Waals surface area (Å²) in [5, 5.41) is 0.760. The zero-order chi connectivity index (χ0) is 17.7. The van der Waals surface area contributed by atoms with Crippen molar-refractivity contribution >= 4 is 21.7 Å². The Morgan fingerprint density at radius 2 is 1.39 bits per heavy atom. The molecule has 0 aromatic carbocycles. The van der Waals surface area contributed by atoms with Crippen molar-refractivity contribution in [1.29, 1.82) is 0 Å². The Kier molecular flexibility index (Phi) is 11.5. The molecule has 0 bridgehead atoms. The fourth-order valence-corrected chi connectivity index (χ4v) is 2.58. The van der Waals surface area contributed by atoms with Gasteiger partial charge in [0.25, 0.3) is 0 Å². The SMILES string of the molecule is C=CS(=O)(=O)CN(C(=O)CCCCOC)C(=O)CCCCOC. The molecule has 0 unspecified atom stereocenters. The predicted octanol–water partition coefficient (Wildman–Crippen LogP) is 1.49. The number of hydrogen-bond donors (Lipinski definition) is 0. The van der Waals surface area contributed by atoms with Gasteiger partial charge < -0.3 is 9.47 Å². The summed E-state index contributed by atoms with van der Waals surface area (Å²) in [6.07, 6.45) is 2.64. The zero-order valence-corrected chi connectivity index (χ0v) is 14.8. The van der Waals surface area contributed by atoms with Gasteiger partial charge in [-0.3, -0.25) is 14.5 Å². The van der Waals surface area contributed by atoms with E-state index in [-0.39, 0.29) is 12.8 Å². The number of imide groups is 1. The van der Waals surface area contributed by atoms with Crippen LogP contribution < -0.4 is 0 Å². The average molecular weight is 349 g/mol. The van der Waals surface area contributed by atoms with Crippen LogP contribution in [0.1, 0.15) is 38.5 Å². The van der Waals surface area contributed by atoms with Crippen molar-refractivity contribution in [2.24, 2.45) is 0 Å². The Balaban J connectivity index is 4.69. The van der Waals surface area contributed by atoms with E-state index in [1.807, 2.05) is 0 Å². The highest BCUT2D eigenvalue weighted by Crippen LogP contribution is 2.09. The van der Waals surface area contributed by atoms with Gasteiger partial charge in [-0.15, -0.1) is 0 Å². The van der Waals surface area contributed by atoms with E-state index in [2.05, 4.69) is 6.58 Å². The number of ether oxygens (including phenoxy) is 2. The molecule has 0 fully saturated rings. The Bertz CT molecular complexity index is 450. The summed E-state index contributed by atoms with van der Waals surface area (Å²) >= 11 is 0. The first-order chi connectivity index (χ1) is 10.9. The van der Waals surface area contributed by atoms with Gasteiger partial charge in [0, 0.05) is 45.7 Å². The van der Waals surface area contributed by atoms with Crippen LogP contribution >= 0.6 is 0 Å². The lowest BCUT2D eigenvalue weighted by atomic mass is 10.2. The monoisotopic (exact) mass is 349 g/mol. The minimum atomic E-state index is -3.68. The third-order valence-electron chi connectivity index (χ3n) is 3.14.